The van der Waals surface area contributed by atoms with Gasteiger partial charge in [-0.25, -0.2) is 0 Å². The van der Waals surface area contributed by atoms with Gasteiger partial charge in [0.25, 0.3) is 0 Å². The first-order chi connectivity index (χ1) is 8.47. The van der Waals surface area contributed by atoms with Crippen LogP contribution in [0.25, 0.3) is 0 Å². The molecule has 102 valence electrons. The largest absolute Gasteiger partial charge is 0.396 e. The van der Waals surface area contributed by atoms with E-state index in [-0.39, 0.29) is 24.7 Å². The van der Waals surface area contributed by atoms with Crippen molar-refractivity contribution in [2.24, 2.45) is 5.92 Å². The van der Waals surface area contributed by atoms with E-state index >= 15 is 0 Å². The Balaban J connectivity index is 2.36. The van der Waals surface area contributed by atoms with E-state index in [4.69, 9.17) is 9.47 Å². The lowest BCUT2D eigenvalue weighted by atomic mass is 9.89. The number of allylic oxidation sites excluding steroid dienone is 2. The average Bonchev–Trinajstić information content (AvgIpc) is 2.35. The minimum Gasteiger partial charge on any atom is -0.396 e. The number of aliphatic hydroxyl groups is 1. The summed E-state index contributed by atoms with van der Waals surface area (Å²) >= 11 is 0. The first kappa shape index (κ1) is 13.8. The summed E-state index contributed by atoms with van der Waals surface area (Å²) in [5, 5.41) is 9.74. The van der Waals surface area contributed by atoms with Gasteiger partial charge in [-0.1, -0.05) is 23.3 Å². The van der Waals surface area contributed by atoms with Gasteiger partial charge in [-0.05, 0) is 34.1 Å². The Morgan fingerprint density at radius 2 is 1.89 bits per heavy atom. The lowest BCUT2D eigenvalue weighted by molar-refractivity contribution is -0.330. The first-order valence-electron chi connectivity index (χ1n) is 6.78. The van der Waals surface area contributed by atoms with Crippen LogP contribution in [0.3, 0.4) is 0 Å². The summed E-state index contributed by atoms with van der Waals surface area (Å²) in [6.45, 7) is 8.34. The molecule has 0 bridgehead atoms. The van der Waals surface area contributed by atoms with Crippen molar-refractivity contribution in [3.05, 3.63) is 23.3 Å². The first-order valence-corrected chi connectivity index (χ1v) is 6.78. The zero-order chi connectivity index (χ0) is 13.3. The molecular formula is C15H24O3. The second-order valence-electron chi connectivity index (χ2n) is 5.68. The maximum atomic E-state index is 9.74. The summed E-state index contributed by atoms with van der Waals surface area (Å²) in [6, 6.07) is 0. The minimum atomic E-state index is -0.690. The van der Waals surface area contributed by atoms with Crippen LogP contribution in [0.2, 0.25) is 0 Å². The van der Waals surface area contributed by atoms with Crippen LogP contribution in [0.15, 0.2) is 23.3 Å². The zero-order valence-electron chi connectivity index (χ0n) is 11.8. The van der Waals surface area contributed by atoms with Gasteiger partial charge < -0.3 is 14.6 Å². The summed E-state index contributed by atoms with van der Waals surface area (Å²) in [5.74, 6) is -0.777. The van der Waals surface area contributed by atoms with Crippen LogP contribution in [-0.2, 0) is 9.47 Å². The third kappa shape index (κ3) is 2.53. The molecule has 0 aromatic rings. The normalized spacial score (nSPS) is 41.3. The van der Waals surface area contributed by atoms with Crippen LogP contribution in [-0.4, -0.2) is 29.7 Å². The van der Waals surface area contributed by atoms with Crippen LogP contribution < -0.4 is 0 Å². The third-order valence-corrected chi connectivity index (χ3v) is 3.89. The molecule has 1 saturated heterocycles. The van der Waals surface area contributed by atoms with Crippen LogP contribution >= 0.6 is 0 Å². The monoisotopic (exact) mass is 252 g/mol. The van der Waals surface area contributed by atoms with Crippen molar-refractivity contribution in [1.82, 2.24) is 0 Å². The Morgan fingerprint density at radius 3 is 2.44 bits per heavy atom. The van der Waals surface area contributed by atoms with Crippen LogP contribution in [0, 0.1) is 5.92 Å². The lowest BCUT2D eigenvalue weighted by Crippen LogP contribution is -2.53. The highest BCUT2D eigenvalue weighted by molar-refractivity contribution is 5.27. The number of hydrogen-bond donors (Lipinski definition) is 1. The van der Waals surface area contributed by atoms with Gasteiger partial charge in [0.05, 0.1) is 24.7 Å². The predicted molar refractivity (Wildman–Crippen MR) is 71.1 cm³/mol. The second kappa shape index (κ2) is 5.16. The summed E-state index contributed by atoms with van der Waals surface area (Å²) in [4.78, 5) is 0. The van der Waals surface area contributed by atoms with E-state index in [0.29, 0.717) is 6.42 Å². The van der Waals surface area contributed by atoms with Crippen molar-refractivity contribution in [2.75, 3.05) is 6.61 Å². The Hall–Kier alpha value is -0.640. The third-order valence-electron chi connectivity index (χ3n) is 3.89. The van der Waals surface area contributed by atoms with Crippen LogP contribution in [0.5, 0.6) is 0 Å². The van der Waals surface area contributed by atoms with E-state index in [1.54, 1.807) is 0 Å². The second-order valence-corrected chi connectivity index (χ2v) is 5.68. The number of aliphatic hydroxyl groups excluding tert-OH is 1. The number of ether oxygens (including phenoxy) is 2. The molecule has 1 aliphatic heterocycles. The Labute approximate surface area is 109 Å². The molecule has 0 aromatic carbocycles. The maximum absolute atomic E-state index is 9.74. The fraction of sp³-hybridized carbons (Fsp3) is 0.733. The van der Waals surface area contributed by atoms with Gasteiger partial charge in [0.2, 0.25) is 0 Å². The quantitative estimate of drug-likeness (QED) is 0.780. The molecule has 1 heterocycles. The molecule has 1 spiro atoms. The topological polar surface area (TPSA) is 38.7 Å². The summed E-state index contributed by atoms with van der Waals surface area (Å²) < 4.78 is 12.2. The number of rotatable bonds is 1. The summed E-state index contributed by atoms with van der Waals surface area (Å²) in [6.07, 6.45) is 6.21. The standard InChI is InChI=1S/C15H24O3/c1-10-5-6-15(14(9-16)11(2)7-10)17-12(3)8-13(4)18-15/h5,7,12-14,16H,6,8-9H2,1-4H3/t12-,13+,14-,15?/m0/s1. The van der Waals surface area contributed by atoms with Crippen molar-refractivity contribution < 1.29 is 14.6 Å². The molecule has 2 rings (SSSR count). The average molecular weight is 252 g/mol. The van der Waals surface area contributed by atoms with E-state index in [0.717, 1.165) is 12.0 Å². The summed E-state index contributed by atoms with van der Waals surface area (Å²) in [5.41, 5.74) is 2.34. The maximum Gasteiger partial charge on any atom is 0.181 e. The van der Waals surface area contributed by atoms with Crippen molar-refractivity contribution in [3.63, 3.8) is 0 Å². The molecule has 1 aliphatic carbocycles. The molecule has 1 fully saturated rings. The smallest absolute Gasteiger partial charge is 0.181 e. The molecule has 0 saturated carbocycles. The van der Waals surface area contributed by atoms with Gasteiger partial charge >= 0.3 is 0 Å². The Bertz CT molecular complexity index is 360. The Kier molecular flexibility index (Phi) is 3.95. The van der Waals surface area contributed by atoms with E-state index in [1.165, 1.54) is 5.57 Å². The molecule has 0 amide bonds. The fourth-order valence-corrected chi connectivity index (χ4v) is 3.13. The minimum absolute atomic E-state index is 0.0584. The van der Waals surface area contributed by atoms with Gasteiger partial charge in [0.15, 0.2) is 5.79 Å². The zero-order valence-corrected chi connectivity index (χ0v) is 11.8. The van der Waals surface area contributed by atoms with Crippen molar-refractivity contribution >= 4 is 0 Å². The summed E-state index contributed by atoms with van der Waals surface area (Å²) in [7, 11) is 0. The fourth-order valence-electron chi connectivity index (χ4n) is 3.13. The van der Waals surface area contributed by atoms with Gasteiger partial charge in [-0.2, -0.15) is 0 Å². The van der Waals surface area contributed by atoms with E-state index in [9.17, 15) is 5.11 Å². The van der Waals surface area contributed by atoms with Crippen LogP contribution in [0.1, 0.15) is 40.5 Å². The highest BCUT2D eigenvalue weighted by Crippen LogP contribution is 2.41. The lowest BCUT2D eigenvalue weighted by Gasteiger charge is -2.46. The van der Waals surface area contributed by atoms with Gasteiger partial charge in [-0.3, -0.25) is 0 Å². The van der Waals surface area contributed by atoms with Crippen molar-refractivity contribution in [2.45, 2.75) is 58.5 Å². The molecule has 1 unspecified atom stereocenters. The molecule has 2 aliphatic rings. The SMILES string of the molecule is CC1=CCC2(O[C@H](C)C[C@H](C)O2)[C@@H](CO)C(C)=C1. The molecule has 3 nitrogen and oxygen atoms in total. The van der Waals surface area contributed by atoms with Crippen LogP contribution in [0.4, 0.5) is 0 Å². The molecule has 0 aromatic heterocycles. The van der Waals surface area contributed by atoms with E-state index < -0.39 is 5.79 Å². The predicted octanol–water partition coefficient (Wildman–Crippen LogP) is 2.80. The highest BCUT2D eigenvalue weighted by Gasteiger charge is 2.47. The number of hydrogen-bond acceptors (Lipinski definition) is 3. The van der Waals surface area contributed by atoms with Crippen molar-refractivity contribution in [1.29, 1.82) is 0 Å². The van der Waals surface area contributed by atoms with Crippen molar-refractivity contribution in [3.8, 4) is 0 Å². The molecule has 18 heavy (non-hydrogen) atoms. The molecular weight excluding hydrogens is 228 g/mol. The van der Waals surface area contributed by atoms with Gasteiger partial charge in [0, 0.05) is 6.42 Å². The van der Waals surface area contributed by atoms with Gasteiger partial charge in [-0.15, -0.1) is 0 Å². The molecule has 3 heteroatoms. The Morgan fingerprint density at radius 1 is 1.28 bits per heavy atom. The van der Waals surface area contributed by atoms with E-state index in [1.807, 2.05) is 6.92 Å². The van der Waals surface area contributed by atoms with E-state index in [2.05, 4.69) is 32.9 Å². The molecule has 4 atom stereocenters. The molecule has 0 radical (unpaired) electrons. The molecule has 1 N–H and O–H groups in total. The highest BCUT2D eigenvalue weighted by atomic mass is 16.7. The van der Waals surface area contributed by atoms with Gasteiger partial charge in [0.1, 0.15) is 0 Å².